The fourth-order valence-corrected chi connectivity index (χ4v) is 9.08. The van der Waals surface area contributed by atoms with Gasteiger partial charge in [0, 0.05) is 25.7 Å². The summed E-state index contributed by atoms with van der Waals surface area (Å²) in [6, 6.07) is 2.51. The molecule has 1 aromatic carbocycles. The van der Waals surface area contributed by atoms with Gasteiger partial charge in [0.2, 0.25) is 11.6 Å². The van der Waals surface area contributed by atoms with Crippen LogP contribution in [0.1, 0.15) is 56.9 Å². The van der Waals surface area contributed by atoms with Gasteiger partial charge in [0.05, 0.1) is 22.2 Å². The zero-order chi connectivity index (χ0) is 32.6. The van der Waals surface area contributed by atoms with E-state index in [1.807, 2.05) is 0 Å². The van der Waals surface area contributed by atoms with Crippen molar-refractivity contribution >= 4 is 21.7 Å². The number of amides is 2. The standard InChI is InChI=1S/C29H31F6N3O5S/c1-26(2,41)15-38-21(13-20(31)24(38)39)25(40)37-10-9-28(44(42,43)18-6-4-5-17(30)12-18)19-14-36-22(27(3,32)29(33,34)35)11-16(19)7-8-23(28)37/h4-6,11-12,14,20-21,23,41H,7-10,13,15H2,1-3H3/t20-,21+,23?,27?,28?/m1/s1. The molecule has 5 rings (SSSR count). The second-order valence-electron chi connectivity index (χ2n) is 12.4. The van der Waals surface area contributed by atoms with Crippen molar-refractivity contribution in [3.8, 4) is 0 Å². The smallest absolute Gasteiger partial charge is 0.389 e. The summed E-state index contributed by atoms with van der Waals surface area (Å²) in [5.41, 5.74) is -6.26. The summed E-state index contributed by atoms with van der Waals surface area (Å²) in [6.07, 6.45) is -7.42. The highest BCUT2D eigenvalue weighted by Crippen LogP contribution is 2.54. The number of pyridine rings is 1. The Morgan fingerprint density at radius 3 is 2.45 bits per heavy atom. The van der Waals surface area contributed by atoms with Crippen LogP contribution in [0, 0.1) is 5.82 Å². The van der Waals surface area contributed by atoms with Crippen LogP contribution < -0.4 is 0 Å². The van der Waals surface area contributed by atoms with Gasteiger partial charge in [-0.15, -0.1) is 0 Å². The lowest BCUT2D eigenvalue weighted by molar-refractivity contribution is -0.230. The van der Waals surface area contributed by atoms with Crippen molar-refractivity contribution in [1.29, 1.82) is 0 Å². The summed E-state index contributed by atoms with van der Waals surface area (Å²) in [4.78, 5) is 32.0. The van der Waals surface area contributed by atoms with E-state index in [1.54, 1.807) is 0 Å². The number of hydrogen-bond acceptors (Lipinski definition) is 6. The minimum Gasteiger partial charge on any atom is -0.389 e. The third-order valence-corrected chi connectivity index (χ3v) is 11.4. The number of carbonyl (C=O) groups is 2. The third kappa shape index (κ3) is 4.95. The number of nitrogens with zero attached hydrogens (tertiary/aromatic N) is 3. The number of β-amino-alcohol motifs (C(OH)–C–C–N with tert-alkyl or cyclic N) is 1. The SMILES string of the molecule is CC(C)(O)CN1C(=O)[C@H](F)C[C@H]1C(=O)N1CCC2(S(=O)(=O)c3cccc(F)c3)c3cnc(C(C)(F)C(F)(F)F)cc3CCC12. The molecule has 2 amide bonds. The van der Waals surface area contributed by atoms with Crippen LogP contribution in [0.4, 0.5) is 26.3 Å². The molecule has 0 spiro atoms. The fraction of sp³-hybridized carbons (Fsp3) is 0.552. The molecule has 240 valence electrons. The largest absolute Gasteiger partial charge is 0.428 e. The number of likely N-dealkylation sites (tertiary alicyclic amines) is 2. The Bertz CT molecular complexity index is 1610. The Kier molecular flexibility index (Phi) is 7.63. The molecule has 2 aliphatic heterocycles. The first-order valence-corrected chi connectivity index (χ1v) is 15.4. The van der Waals surface area contributed by atoms with Crippen LogP contribution in [-0.2, 0) is 36.3 Å². The van der Waals surface area contributed by atoms with Crippen LogP contribution in [0.25, 0.3) is 0 Å². The molecule has 15 heteroatoms. The van der Waals surface area contributed by atoms with Gasteiger partial charge in [0.15, 0.2) is 16.0 Å². The van der Waals surface area contributed by atoms with E-state index in [0.717, 1.165) is 35.4 Å². The molecule has 0 bridgehead atoms. The van der Waals surface area contributed by atoms with E-state index < -0.39 is 84.9 Å². The predicted octanol–water partition coefficient (Wildman–Crippen LogP) is 3.89. The molecule has 5 atom stereocenters. The summed E-state index contributed by atoms with van der Waals surface area (Å²) < 4.78 is 111. The number of aromatic nitrogens is 1. The average molecular weight is 648 g/mol. The number of carbonyl (C=O) groups excluding carboxylic acids is 2. The minimum absolute atomic E-state index is 0.0470. The van der Waals surface area contributed by atoms with Crippen LogP contribution in [0.5, 0.6) is 0 Å². The summed E-state index contributed by atoms with van der Waals surface area (Å²) in [7, 11) is -4.61. The normalized spacial score (nSPS) is 27.2. The van der Waals surface area contributed by atoms with E-state index in [9.17, 15) is 49.5 Å². The van der Waals surface area contributed by atoms with E-state index in [1.165, 1.54) is 24.8 Å². The molecule has 3 unspecified atom stereocenters. The van der Waals surface area contributed by atoms with Gasteiger partial charge >= 0.3 is 6.18 Å². The molecule has 0 saturated carbocycles. The van der Waals surface area contributed by atoms with E-state index in [2.05, 4.69) is 4.98 Å². The van der Waals surface area contributed by atoms with E-state index >= 15 is 0 Å². The number of fused-ring (bicyclic) bond motifs is 3. The first kappa shape index (κ1) is 32.2. The molecule has 3 heterocycles. The molecular weight excluding hydrogens is 616 g/mol. The van der Waals surface area contributed by atoms with Gasteiger partial charge in [0.25, 0.3) is 5.91 Å². The molecular formula is C29H31F6N3O5S. The maximum atomic E-state index is 14.9. The summed E-state index contributed by atoms with van der Waals surface area (Å²) >= 11 is 0. The number of sulfone groups is 1. The summed E-state index contributed by atoms with van der Waals surface area (Å²) in [5.74, 6) is -2.62. The number of alkyl halides is 5. The van der Waals surface area contributed by atoms with Crippen molar-refractivity contribution in [2.75, 3.05) is 13.1 Å². The van der Waals surface area contributed by atoms with Gasteiger partial charge < -0.3 is 14.9 Å². The monoisotopic (exact) mass is 647 g/mol. The van der Waals surface area contributed by atoms with Crippen molar-refractivity contribution in [3.05, 3.63) is 59.2 Å². The quantitative estimate of drug-likeness (QED) is 0.477. The van der Waals surface area contributed by atoms with Crippen LogP contribution in [0.15, 0.2) is 41.4 Å². The van der Waals surface area contributed by atoms with Gasteiger partial charge in [-0.05, 0) is 75.4 Å². The van der Waals surface area contributed by atoms with Crippen molar-refractivity contribution in [2.45, 2.75) is 91.8 Å². The first-order chi connectivity index (χ1) is 20.2. The molecule has 3 aliphatic rings. The van der Waals surface area contributed by atoms with Crippen LogP contribution in [-0.4, -0.2) is 83.2 Å². The van der Waals surface area contributed by atoms with Gasteiger partial charge in [0.1, 0.15) is 16.6 Å². The lowest BCUT2D eigenvalue weighted by Gasteiger charge is -2.43. The molecule has 0 radical (unpaired) electrons. The highest BCUT2D eigenvalue weighted by molar-refractivity contribution is 7.92. The first-order valence-electron chi connectivity index (χ1n) is 14.0. The van der Waals surface area contributed by atoms with Crippen molar-refractivity contribution in [2.24, 2.45) is 0 Å². The maximum Gasteiger partial charge on any atom is 0.428 e. The topological polar surface area (TPSA) is 108 Å². The van der Waals surface area contributed by atoms with Gasteiger partial charge in [-0.3, -0.25) is 14.6 Å². The molecule has 8 nitrogen and oxygen atoms in total. The van der Waals surface area contributed by atoms with E-state index in [4.69, 9.17) is 0 Å². The predicted molar refractivity (Wildman–Crippen MR) is 144 cm³/mol. The van der Waals surface area contributed by atoms with Gasteiger partial charge in [-0.2, -0.15) is 13.2 Å². The van der Waals surface area contributed by atoms with Crippen LogP contribution >= 0.6 is 0 Å². The number of aliphatic hydroxyl groups is 1. The molecule has 1 aromatic heterocycles. The van der Waals surface area contributed by atoms with E-state index in [0.29, 0.717) is 6.92 Å². The van der Waals surface area contributed by atoms with Gasteiger partial charge in [-0.1, -0.05) is 6.07 Å². The second-order valence-corrected chi connectivity index (χ2v) is 14.6. The molecule has 1 N–H and O–H groups in total. The summed E-state index contributed by atoms with van der Waals surface area (Å²) in [5, 5.41) is 10.3. The minimum atomic E-state index is -5.31. The number of halogens is 6. The lowest BCUT2D eigenvalue weighted by atomic mass is 9.78. The Morgan fingerprint density at radius 1 is 1.16 bits per heavy atom. The van der Waals surface area contributed by atoms with Gasteiger partial charge in [-0.25, -0.2) is 21.6 Å². The summed E-state index contributed by atoms with van der Waals surface area (Å²) in [6.45, 7) is 2.48. The van der Waals surface area contributed by atoms with Crippen LogP contribution in [0.2, 0.25) is 0 Å². The van der Waals surface area contributed by atoms with Crippen molar-refractivity contribution < 1.29 is 49.5 Å². The zero-order valence-corrected chi connectivity index (χ0v) is 24.9. The zero-order valence-electron chi connectivity index (χ0n) is 24.0. The molecule has 44 heavy (non-hydrogen) atoms. The number of aryl methyl sites for hydroxylation is 1. The Morgan fingerprint density at radius 2 is 1.84 bits per heavy atom. The molecule has 2 fully saturated rings. The lowest BCUT2D eigenvalue weighted by Crippen LogP contribution is -2.56. The second kappa shape index (κ2) is 10.4. The third-order valence-electron chi connectivity index (χ3n) is 8.85. The maximum absolute atomic E-state index is 14.9. The highest BCUT2D eigenvalue weighted by atomic mass is 32.2. The Labute approximate surface area is 250 Å². The average Bonchev–Trinajstić information content (AvgIpc) is 3.45. The number of hydrogen-bond donors (Lipinski definition) is 1. The van der Waals surface area contributed by atoms with E-state index in [-0.39, 0.29) is 43.5 Å². The van der Waals surface area contributed by atoms with Crippen molar-refractivity contribution in [3.63, 3.8) is 0 Å². The molecule has 1 aliphatic carbocycles. The number of rotatable bonds is 6. The Hall–Kier alpha value is -3.20. The fourth-order valence-electron chi connectivity index (χ4n) is 6.70. The molecule has 2 saturated heterocycles. The molecule has 2 aromatic rings. The van der Waals surface area contributed by atoms with Crippen molar-refractivity contribution in [1.82, 2.24) is 14.8 Å². The Balaban J connectivity index is 1.63. The highest BCUT2D eigenvalue weighted by Gasteiger charge is 2.63. The van der Waals surface area contributed by atoms with Crippen LogP contribution in [0.3, 0.4) is 0 Å². The number of benzene rings is 1.